The molecule has 0 aliphatic heterocycles. The standard InChI is InChI=1S/C10H10F2N2O5/c1-18-7(15)4-5-3-6(14(16)17)8(9(11)12)10(13-5)19-2/h3,9H,4H2,1-2H3. The zero-order chi connectivity index (χ0) is 14.6. The first-order valence-electron chi connectivity index (χ1n) is 4.97. The number of pyridine rings is 1. The second kappa shape index (κ2) is 6.03. The minimum Gasteiger partial charge on any atom is -0.480 e. The second-order valence-corrected chi connectivity index (χ2v) is 3.37. The molecule has 0 saturated carbocycles. The van der Waals surface area contributed by atoms with E-state index in [1.807, 2.05) is 0 Å². The molecule has 1 aromatic rings. The molecule has 0 saturated heterocycles. The molecule has 0 bridgehead atoms. The number of nitrogens with zero attached hydrogens (tertiary/aromatic N) is 2. The molecule has 9 heteroatoms. The number of nitro groups is 1. The van der Waals surface area contributed by atoms with Crippen molar-refractivity contribution in [2.24, 2.45) is 0 Å². The van der Waals surface area contributed by atoms with Gasteiger partial charge in [-0.05, 0) is 0 Å². The van der Waals surface area contributed by atoms with E-state index in [1.165, 1.54) is 0 Å². The maximum absolute atomic E-state index is 12.8. The smallest absolute Gasteiger partial charge is 0.311 e. The minimum absolute atomic E-state index is 0.0835. The lowest BCUT2D eigenvalue weighted by molar-refractivity contribution is -0.386. The van der Waals surface area contributed by atoms with Crippen molar-refractivity contribution in [1.29, 1.82) is 0 Å². The molecule has 104 valence electrons. The highest BCUT2D eigenvalue weighted by molar-refractivity contribution is 5.72. The number of carbonyl (C=O) groups excluding carboxylic acids is 1. The Balaban J connectivity index is 3.36. The third-order valence-electron chi connectivity index (χ3n) is 2.22. The van der Waals surface area contributed by atoms with Gasteiger partial charge in [0.2, 0.25) is 5.88 Å². The maximum atomic E-state index is 12.8. The Hall–Kier alpha value is -2.32. The van der Waals surface area contributed by atoms with Gasteiger partial charge in [0.15, 0.2) is 5.56 Å². The molecule has 1 aromatic heterocycles. The summed E-state index contributed by atoms with van der Waals surface area (Å²) in [7, 11) is 2.18. The fourth-order valence-electron chi connectivity index (χ4n) is 1.39. The fraction of sp³-hybridized carbons (Fsp3) is 0.400. The summed E-state index contributed by atoms with van der Waals surface area (Å²) in [6.07, 6.45) is -3.49. The number of halogens is 2. The number of hydrogen-bond acceptors (Lipinski definition) is 6. The van der Waals surface area contributed by atoms with Crippen molar-refractivity contribution < 1.29 is 28.0 Å². The molecule has 7 nitrogen and oxygen atoms in total. The molecule has 0 amide bonds. The Kier molecular flexibility index (Phi) is 4.67. The molecule has 19 heavy (non-hydrogen) atoms. The van der Waals surface area contributed by atoms with E-state index in [9.17, 15) is 23.7 Å². The van der Waals surface area contributed by atoms with Gasteiger partial charge in [0.25, 0.3) is 12.1 Å². The van der Waals surface area contributed by atoms with Crippen molar-refractivity contribution in [3.63, 3.8) is 0 Å². The number of esters is 1. The lowest BCUT2D eigenvalue weighted by Crippen LogP contribution is -2.09. The van der Waals surface area contributed by atoms with Crippen LogP contribution in [0.5, 0.6) is 5.88 Å². The molecule has 0 aliphatic carbocycles. The van der Waals surface area contributed by atoms with E-state index in [2.05, 4.69) is 14.5 Å². The van der Waals surface area contributed by atoms with Crippen LogP contribution in [0, 0.1) is 10.1 Å². The Bertz CT molecular complexity index is 507. The van der Waals surface area contributed by atoms with Crippen molar-refractivity contribution in [1.82, 2.24) is 4.98 Å². The summed E-state index contributed by atoms with van der Waals surface area (Å²) in [6, 6.07) is 0.806. The fourth-order valence-corrected chi connectivity index (χ4v) is 1.39. The molecule has 0 spiro atoms. The van der Waals surface area contributed by atoms with E-state index < -0.39 is 34.4 Å². The van der Waals surface area contributed by atoms with Crippen LogP contribution >= 0.6 is 0 Å². The van der Waals surface area contributed by atoms with E-state index in [1.54, 1.807) is 0 Å². The van der Waals surface area contributed by atoms with Gasteiger partial charge < -0.3 is 9.47 Å². The van der Waals surface area contributed by atoms with Gasteiger partial charge >= 0.3 is 5.97 Å². The van der Waals surface area contributed by atoms with Crippen LogP contribution in [0.15, 0.2) is 6.07 Å². The first kappa shape index (κ1) is 14.7. The molecule has 0 unspecified atom stereocenters. The number of rotatable bonds is 5. The molecule has 0 aliphatic rings. The predicted octanol–water partition coefficient (Wildman–Crippen LogP) is 1.65. The van der Waals surface area contributed by atoms with E-state index in [-0.39, 0.29) is 12.1 Å². The highest BCUT2D eigenvalue weighted by Crippen LogP contribution is 2.36. The van der Waals surface area contributed by atoms with Gasteiger partial charge in [-0.25, -0.2) is 13.8 Å². The molecule has 0 radical (unpaired) electrons. The molecular weight excluding hydrogens is 266 g/mol. The van der Waals surface area contributed by atoms with E-state index in [0.29, 0.717) is 0 Å². The third kappa shape index (κ3) is 3.33. The van der Waals surface area contributed by atoms with Crippen molar-refractivity contribution in [2.45, 2.75) is 12.8 Å². The van der Waals surface area contributed by atoms with Crippen LogP contribution in [0.25, 0.3) is 0 Å². The Labute approximate surface area is 106 Å². The summed E-state index contributed by atoms with van der Waals surface area (Å²) >= 11 is 0. The average Bonchev–Trinajstić information content (AvgIpc) is 2.36. The molecule has 1 rings (SSSR count). The van der Waals surface area contributed by atoms with Crippen LogP contribution in [0.1, 0.15) is 17.7 Å². The van der Waals surface area contributed by atoms with Gasteiger partial charge in [0, 0.05) is 6.07 Å². The summed E-state index contributed by atoms with van der Waals surface area (Å²) < 4.78 is 34.5. The van der Waals surface area contributed by atoms with Gasteiger partial charge in [0.05, 0.1) is 31.3 Å². The van der Waals surface area contributed by atoms with Crippen LogP contribution in [0.2, 0.25) is 0 Å². The SMILES string of the molecule is COC(=O)Cc1cc([N+](=O)[O-])c(C(F)F)c(OC)n1. The van der Waals surface area contributed by atoms with Crippen LogP contribution in [0.4, 0.5) is 14.5 Å². The Morgan fingerprint density at radius 1 is 1.53 bits per heavy atom. The van der Waals surface area contributed by atoms with Gasteiger partial charge in [-0.2, -0.15) is 0 Å². The summed E-state index contributed by atoms with van der Waals surface area (Å²) in [5.74, 6) is -1.28. The van der Waals surface area contributed by atoms with E-state index >= 15 is 0 Å². The maximum Gasteiger partial charge on any atom is 0.311 e. The quantitative estimate of drug-likeness (QED) is 0.461. The summed E-state index contributed by atoms with van der Waals surface area (Å²) in [4.78, 5) is 24.5. The number of aromatic nitrogens is 1. The molecular formula is C10H10F2N2O5. The lowest BCUT2D eigenvalue weighted by Gasteiger charge is -2.09. The predicted molar refractivity (Wildman–Crippen MR) is 58.1 cm³/mol. The molecule has 0 fully saturated rings. The van der Waals surface area contributed by atoms with Gasteiger partial charge in [-0.3, -0.25) is 14.9 Å². The molecule has 0 atom stereocenters. The van der Waals surface area contributed by atoms with Gasteiger partial charge in [-0.1, -0.05) is 0 Å². The minimum atomic E-state index is -3.12. The zero-order valence-corrected chi connectivity index (χ0v) is 10.1. The Morgan fingerprint density at radius 3 is 2.58 bits per heavy atom. The number of alkyl halides is 2. The number of hydrogen-bond donors (Lipinski definition) is 0. The highest BCUT2D eigenvalue weighted by Gasteiger charge is 2.29. The molecule has 1 heterocycles. The number of ether oxygens (including phenoxy) is 2. The van der Waals surface area contributed by atoms with Crippen LogP contribution in [-0.2, 0) is 16.0 Å². The largest absolute Gasteiger partial charge is 0.480 e. The Morgan fingerprint density at radius 2 is 2.16 bits per heavy atom. The monoisotopic (exact) mass is 276 g/mol. The third-order valence-corrected chi connectivity index (χ3v) is 2.22. The average molecular weight is 276 g/mol. The summed E-state index contributed by atoms with van der Waals surface area (Å²) in [6.45, 7) is 0. The van der Waals surface area contributed by atoms with Crippen LogP contribution in [0.3, 0.4) is 0 Å². The van der Waals surface area contributed by atoms with E-state index in [4.69, 9.17) is 0 Å². The van der Waals surface area contributed by atoms with Crippen molar-refractivity contribution >= 4 is 11.7 Å². The van der Waals surface area contributed by atoms with E-state index in [0.717, 1.165) is 20.3 Å². The molecule has 0 aromatic carbocycles. The lowest BCUT2D eigenvalue weighted by atomic mass is 10.1. The first-order valence-corrected chi connectivity index (χ1v) is 4.97. The first-order chi connectivity index (χ1) is 8.90. The van der Waals surface area contributed by atoms with Crippen LogP contribution in [-0.4, -0.2) is 30.1 Å². The van der Waals surface area contributed by atoms with Crippen molar-refractivity contribution in [3.05, 3.63) is 27.4 Å². The normalized spacial score (nSPS) is 10.4. The van der Waals surface area contributed by atoms with Gasteiger partial charge in [-0.15, -0.1) is 0 Å². The number of carbonyl (C=O) groups is 1. The second-order valence-electron chi connectivity index (χ2n) is 3.37. The van der Waals surface area contributed by atoms with Gasteiger partial charge in [0.1, 0.15) is 0 Å². The highest BCUT2D eigenvalue weighted by atomic mass is 19.3. The van der Waals surface area contributed by atoms with Crippen molar-refractivity contribution in [2.75, 3.05) is 14.2 Å². The summed E-state index contributed by atoms with van der Waals surface area (Å²) in [5, 5.41) is 10.8. The topological polar surface area (TPSA) is 91.6 Å². The molecule has 0 N–H and O–H groups in total. The van der Waals surface area contributed by atoms with Crippen LogP contribution < -0.4 is 4.74 Å². The van der Waals surface area contributed by atoms with Crippen molar-refractivity contribution in [3.8, 4) is 5.88 Å². The summed E-state index contributed by atoms with van der Waals surface area (Å²) in [5.41, 5.74) is -1.85. The zero-order valence-electron chi connectivity index (χ0n) is 10.1. The number of methoxy groups -OCH3 is 2.